The summed E-state index contributed by atoms with van der Waals surface area (Å²) >= 11 is 0.997. The third-order valence-corrected chi connectivity index (χ3v) is 4.26. The van der Waals surface area contributed by atoms with E-state index in [0.29, 0.717) is 17.9 Å². The van der Waals surface area contributed by atoms with Gasteiger partial charge in [0.15, 0.2) is 5.12 Å². The number of carbonyl (C=O) groups excluding carboxylic acids is 1. The highest BCUT2D eigenvalue weighted by molar-refractivity contribution is 8.13. The molecule has 2 unspecified atom stereocenters. The Kier molecular flexibility index (Phi) is 5.83. The average molecular weight is 320 g/mol. The average Bonchev–Trinajstić information content (AvgIpc) is 2.52. The van der Waals surface area contributed by atoms with Crippen LogP contribution in [0.15, 0.2) is 36.4 Å². The fourth-order valence-corrected chi connectivity index (χ4v) is 2.94. The molecule has 5 heteroatoms. The van der Waals surface area contributed by atoms with Gasteiger partial charge in [0.2, 0.25) is 0 Å². The SMILES string of the molecule is CCOc1ccc2ccccc2c1C(O)C(O)CSC(C)=O. The lowest BCUT2D eigenvalue weighted by Gasteiger charge is -2.22. The van der Waals surface area contributed by atoms with Crippen LogP contribution in [-0.4, -0.2) is 33.8 Å². The molecule has 0 heterocycles. The molecule has 0 saturated carbocycles. The molecule has 2 N–H and O–H groups in total. The Labute approximate surface area is 134 Å². The lowest BCUT2D eigenvalue weighted by molar-refractivity contribution is -0.109. The monoisotopic (exact) mass is 320 g/mol. The summed E-state index contributed by atoms with van der Waals surface area (Å²) in [4.78, 5) is 11.0. The summed E-state index contributed by atoms with van der Waals surface area (Å²) in [6.07, 6.45) is -2.15. The van der Waals surface area contributed by atoms with Crippen molar-refractivity contribution < 1.29 is 19.7 Å². The summed E-state index contributed by atoms with van der Waals surface area (Å²) in [5.74, 6) is 0.700. The molecule has 2 aromatic carbocycles. The predicted octanol–water partition coefficient (Wildman–Crippen LogP) is 2.91. The second-order valence-corrected chi connectivity index (χ2v) is 6.14. The summed E-state index contributed by atoms with van der Waals surface area (Å²) in [6.45, 7) is 3.77. The fourth-order valence-electron chi connectivity index (χ4n) is 2.35. The van der Waals surface area contributed by atoms with Crippen LogP contribution in [0.3, 0.4) is 0 Å². The zero-order valence-electron chi connectivity index (χ0n) is 12.7. The van der Waals surface area contributed by atoms with Crippen molar-refractivity contribution in [1.29, 1.82) is 0 Å². The Hall–Kier alpha value is -1.56. The molecule has 0 spiro atoms. The maximum atomic E-state index is 11.0. The molecular formula is C17H20O4S. The van der Waals surface area contributed by atoms with E-state index >= 15 is 0 Å². The largest absolute Gasteiger partial charge is 0.493 e. The first-order valence-electron chi connectivity index (χ1n) is 7.18. The highest BCUT2D eigenvalue weighted by atomic mass is 32.2. The first-order chi connectivity index (χ1) is 10.5. The molecular weight excluding hydrogens is 300 g/mol. The van der Waals surface area contributed by atoms with E-state index in [4.69, 9.17) is 4.74 Å². The van der Waals surface area contributed by atoms with Gasteiger partial charge in [-0.1, -0.05) is 42.1 Å². The number of thioether (sulfide) groups is 1. The number of hydrogen-bond donors (Lipinski definition) is 2. The number of aliphatic hydroxyl groups excluding tert-OH is 2. The molecule has 0 fully saturated rings. The summed E-state index contributed by atoms with van der Waals surface area (Å²) in [6, 6.07) is 11.4. The Morgan fingerprint density at radius 2 is 1.95 bits per heavy atom. The van der Waals surface area contributed by atoms with Gasteiger partial charge in [0.05, 0.1) is 12.7 Å². The number of hydrogen-bond acceptors (Lipinski definition) is 5. The van der Waals surface area contributed by atoms with Gasteiger partial charge < -0.3 is 14.9 Å². The van der Waals surface area contributed by atoms with Crippen LogP contribution in [-0.2, 0) is 4.79 Å². The standard InChI is InChI=1S/C17H20O4S/c1-3-21-15-9-8-12-6-4-5-7-13(12)16(15)17(20)14(19)10-22-11(2)18/h4-9,14,17,19-20H,3,10H2,1-2H3. The topological polar surface area (TPSA) is 66.8 Å². The summed E-state index contributed by atoms with van der Waals surface area (Å²) in [5.41, 5.74) is 0.566. The zero-order valence-corrected chi connectivity index (χ0v) is 13.5. The normalized spacial score (nSPS) is 13.8. The second kappa shape index (κ2) is 7.63. The van der Waals surface area contributed by atoms with Crippen molar-refractivity contribution in [3.05, 3.63) is 42.0 Å². The number of benzene rings is 2. The molecule has 0 radical (unpaired) electrons. The van der Waals surface area contributed by atoms with Crippen molar-refractivity contribution in [1.82, 2.24) is 0 Å². The first-order valence-corrected chi connectivity index (χ1v) is 8.17. The van der Waals surface area contributed by atoms with Crippen LogP contribution in [0.5, 0.6) is 5.75 Å². The lowest BCUT2D eigenvalue weighted by atomic mass is 9.96. The molecule has 4 nitrogen and oxygen atoms in total. The van der Waals surface area contributed by atoms with Crippen molar-refractivity contribution in [3.63, 3.8) is 0 Å². The Balaban J connectivity index is 2.41. The summed E-state index contributed by atoms with van der Waals surface area (Å²) in [7, 11) is 0. The summed E-state index contributed by atoms with van der Waals surface area (Å²) < 4.78 is 5.60. The van der Waals surface area contributed by atoms with Crippen molar-refractivity contribution in [3.8, 4) is 5.75 Å². The van der Waals surface area contributed by atoms with E-state index in [9.17, 15) is 15.0 Å². The van der Waals surface area contributed by atoms with Crippen LogP contribution in [0.1, 0.15) is 25.5 Å². The van der Waals surface area contributed by atoms with E-state index < -0.39 is 12.2 Å². The molecule has 118 valence electrons. The van der Waals surface area contributed by atoms with Gasteiger partial charge in [-0.05, 0) is 23.8 Å². The molecule has 0 bridgehead atoms. The maximum Gasteiger partial charge on any atom is 0.185 e. The number of fused-ring (bicyclic) bond motifs is 1. The molecule has 2 rings (SSSR count). The van der Waals surface area contributed by atoms with Gasteiger partial charge in [-0.25, -0.2) is 0 Å². The minimum atomic E-state index is -1.11. The molecule has 0 aromatic heterocycles. The van der Waals surface area contributed by atoms with Crippen molar-refractivity contribution in [2.45, 2.75) is 26.1 Å². The first kappa shape index (κ1) is 16.8. The van der Waals surface area contributed by atoms with Crippen LogP contribution in [0.2, 0.25) is 0 Å². The van der Waals surface area contributed by atoms with E-state index in [1.807, 2.05) is 37.3 Å². The third kappa shape index (κ3) is 3.80. The van der Waals surface area contributed by atoms with Crippen molar-refractivity contribution >= 4 is 27.6 Å². The molecule has 2 aromatic rings. The van der Waals surface area contributed by atoms with Crippen molar-refractivity contribution in [2.24, 2.45) is 0 Å². The van der Waals surface area contributed by atoms with Gasteiger partial charge in [0, 0.05) is 18.2 Å². The van der Waals surface area contributed by atoms with Gasteiger partial charge in [0.25, 0.3) is 0 Å². The zero-order chi connectivity index (χ0) is 16.1. The van der Waals surface area contributed by atoms with E-state index in [-0.39, 0.29) is 10.9 Å². The smallest absolute Gasteiger partial charge is 0.185 e. The molecule has 2 atom stereocenters. The van der Waals surface area contributed by atoms with Gasteiger partial charge in [-0.15, -0.1) is 0 Å². The van der Waals surface area contributed by atoms with E-state index in [1.54, 1.807) is 6.07 Å². The van der Waals surface area contributed by atoms with Gasteiger partial charge in [-0.2, -0.15) is 0 Å². The van der Waals surface area contributed by atoms with E-state index in [1.165, 1.54) is 6.92 Å². The number of aliphatic hydroxyl groups is 2. The van der Waals surface area contributed by atoms with Gasteiger partial charge in [-0.3, -0.25) is 4.79 Å². The van der Waals surface area contributed by atoms with Gasteiger partial charge in [0.1, 0.15) is 11.9 Å². The Morgan fingerprint density at radius 3 is 2.64 bits per heavy atom. The Bertz CT molecular complexity index is 656. The summed E-state index contributed by atoms with van der Waals surface area (Å²) in [5, 5.41) is 22.5. The lowest BCUT2D eigenvalue weighted by Crippen LogP contribution is -2.22. The number of rotatable bonds is 6. The number of ether oxygens (including phenoxy) is 1. The van der Waals surface area contributed by atoms with Crippen LogP contribution in [0, 0.1) is 0 Å². The highest BCUT2D eigenvalue weighted by Gasteiger charge is 2.24. The van der Waals surface area contributed by atoms with Crippen LogP contribution in [0.25, 0.3) is 10.8 Å². The van der Waals surface area contributed by atoms with Crippen LogP contribution < -0.4 is 4.74 Å². The Morgan fingerprint density at radius 1 is 1.23 bits per heavy atom. The molecule has 0 amide bonds. The molecule has 0 aliphatic carbocycles. The number of carbonyl (C=O) groups is 1. The quantitative estimate of drug-likeness (QED) is 0.856. The van der Waals surface area contributed by atoms with E-state index in [0.717, 1.165) is 22.5 Å². The highest BCUT2D eigenvalue weighted by Crippen LogP contribution is 2.35. The minimum absolute atomic E-state index is 0.0887. The molecule has 0 saturated heterocycles. The predicted molar refractivity (Wildman–Crippen MR) is 89.2 cm³/mol. The second-order valence-electron chi connectivity index (χ2n) is 4.95. The van der Waals surface area contributed by atoms with Crippen LogP contribution in [0.4, 0.5) is 0 Å². The maximum absolute atomic E-state index is 11.0. The van der Waals surface area contributed by atoms with Gasteiger partial charge >= 0.3 is 0 Å². The third-order valence-electron chi connectivity index (χ3n) is 3.35. The van der Waals surface area contributed by atoms with Crippen LogP contribution >= 0.6 is 11.8 Å². The molecule has 22 heavy (non-hydrogen) atoms. The minimum Gasteiger partial charge on any atom is -0.493 e. The molecule has 0 aliphatic rings. The van der Waals surface area contributed by atoms with E-state index in [2.05, 4.69) is 0 Å². The van der Waals surface area contributed by atoms with Crippen molar-refractivity contribution in [2.75, 3.05) is 12.4 Å². The molecule has 0 aliphatic heterocycles. The fraction of sp³-hybridized carbons (Fsp3) is 0.353.